The SMILES string of the molecule is Nc1ccc(NCc2cc(F)ccc2F)c(C(F)(F)F)c1. The van der Waals surface area contributed by atoms with Gasteiger partial charge in [-0.15, -0.1) is 0 Å². The molecule has 0 aliphatic heterocycles. The van der Waals surface area contributed by atoms with Crippen LogP contribution in [0.4, 0.5) is 33.3 Å². The number of rotatable bonds is 3. The normalized spacial score (nSPS) is 11.5. The Kier molecular flexibility index (Phi) is 4.02. The summed E-state index contributed by atoms with van der Waals surface area (Å²) in [6.45, 7) is -0.281. The Labute approximate surface area is 117 Å². The molecule has 0 aromatic heterocycles. The summed E-state index contributed by atoms with van der Waals surface area (Å²) in [6, 6.07) is 6.00. The molecule has 7 heteroatoms. The fraction of sp³-hybridized carbons (Fsp3) is 0.143. The fourth-order valence-corrected chi connectivity index (χ4v) is 1.82. The van der Waals surface area contributed by atoms with Crippen molar-refractivity contribution in [2.45, 2.75) is 12.7 Å². The van der Waals surface area contributed by atoms with E-state index in [-0.39, 0.29) is 23.5 Å². The lowest BCUT2D eigenvalue weighted by molar-refractivity contribution is -0.136. The second-order valence-corrected chi connectivity index (χ2v) is 4.39. The Morgan fingerprint density at radius 3 is 2.38 bits per heavy atom. The van der Waals surface area contributed by atoms with E-state index >= 15 is 0 Å². The third-order valence-corrected chi connectivity index (χ3v) is 2.83. The van der Waals surface area contributed by atoms with Crippen molar-refractivity contribution in [2.75, 3.05) is 11.1 Å². The van der Waals surface area contributed by atoms with Crippen LogP contribution < -0.4 is 11.1 Å². The molecule has 0 aliphatic carbocycles. The van der Waals surface area contributed by atoms with Crippen molar-refractivity contribution in [2.24, 2.45) is 0 Å². The first-order chi connectivity index (χ1) is 9.77. The smallest absolute Gasteiger partial charge is 0.399 e. The lowest BCUT2D eigenvalue weighted by atomic mass is 10.1. The summed E-state index contributed by atoms with van der Waals surface area (Å²) in [7, 11) is 0. The zero-order valence-corrected chi connectivity index (χ0v) is 10.6. The Bertz CT molecular complexity index is 652. The first-order valence-electron chi connectivity index (χ1n) is 5.92. The first kappa shape index (κ1) is 15.1. The van der Waals surface area contributed by atoms with Crippen LogP contribution in [-0.2, 0) is 12.7 Å². The Morgan fingerprint density at radius 2 is 1.71 bits per heavy atom. The second-order valence-electron chi connectivity index (χ2n) is 4.39. The summed E-state index contributed by atoms with van der Waals surface area (Å²) < 4.78 is 65.0. The maximum atomic E-state index is 13.4. The van der Waals surface area contributed by atoms with Crippen LogP contribution in [-0.4, -0.2) is 0 Å². The van der Waals surface area contributed by atoms with E-state index in [2.05, 4.69) is 5.32 Å². The van der Waals surface area contributed by atoms with Crippen LogP contribution in [0.3, 0.4) is 0 Å². The number of benzene rings is 2. The molecule has 2 aromatic rings. The fourth-order valence-electron chi connectivity index (χ4n) is 1.82. The second kappa shape index (κ2) is 5.59. The Balaban J connectivity index is 2.26. The molecule has 2 rings (SSSR count). The molecule has 0 unspecified atom stereocenters. The van der Waals surface area contributed by atoms with Crippen molar-refractivity contribution in [3.63, 3.8) is 0 Å². The highest BCUT2D eigenvalue weighted by Crippen LogP contribution is 2.36. The third-order valence-electron chi connectivity index (χ3n) is 2.83. The van der Waals surface area contributed by atoms with Gasteiger partial charge in [-0.1, -0.05) is 0 Å². The van der Waals surface area contributed by atoms with Crippen molar-refractivity contribution >= 4 is 11.4 Å². The molecule has 2 aromatic carbocycles. The molecule has 0 aliphatic rings. The third kappa shape index (κ3) is 3.62. The topological polar surface area (TPSA) is 38.0 Å². The molecule has 21 heavy (non-hydrogen) atoms. The number of hydrogen-bond donors (Lipinski definition) is 2. The van der Waals surface area contributed by atoms with Gasteiger partial charge in [0.05, 0.1) is 5.56 Å². The molecule has 0 heterocycles. The summed E-state index contributed by atoms with van der Waals surface area (Å²) in [4.78, 5) is 0. The quantitative estimate of drug-likeness (QED) is 0.659. The van der Waals surface area contributed by atoms with Crippen LogP contribution in [0.25, 0.3) is 0 Å². The van der Waals surface area contributed by atoms with Crippen LogP contribution in [0, 0.1) is 11.6 Å². The van der Waals surface area contributed by atoms with Gasteiger partial charge in [-0.25, -0.2) is 8.78 Å². The summed E-state index contributed by atoms with van der Waals surface area (Å²) in [6.07, 6.45) is -4.60. The van der Waals surface area contributed by atoms with E-state index in [0.717, 1.165) is 30.3 Å². The van der Waals surface area contributed by atoms with E-state index in [1.807, 2.05) is 0 Å². The van der Waals surface area contributed by atoms with E-state index < -0.39 is 23.4 Å². The molecule has 0 fully saturated rings. The predicted octanol–water partition coefficient (Wildman–Crippen LogP) is 4.18. The molecule has 0 saturated carbocycles. The van der Waals surface area contributed by atoms with Gasteiger partial charge in [0.15, 0.2) is 0 Å². The van der Waals surface area contributed by atoms with Crippen LogP contribution >= 0.6 is 0 Å². The molecular formula is C14H11F5N2. The minimum absolute atomic E-state index is 0.0372. The monoisotopic (exact) mass is 302 g/mol. The average Bonchev–Trinajstić information content (AvgIpc) is 2.40. The van der Waals surface area contributed by atoms with Gasteiger partial charge in [0.2, 0.25) is 0 Å². The van der Waals surface area contributed by atoms with E-state index in [0.29, 0.717) is 0 Å². The van der Waals surface area contributed by atoms with Crippen molar-refractivity contribution in [3.8, 4) is 0 Å². The van der Waals surface area contributed by atoms with Gasteiger partial charge in [0.25, 0.3) is 0 Å². The number of anilines is 2. The van der Waals surface area contributed by atoms with Crippen molar-refractivity contribution < 1.29 is 22.0 Å². The predicted molar refractivity (Wildman–Crippen MR) is 69.5 cm³/mol. The summed E-state index contributed by atoms with van der Waals surface area (Å²) in [5, 5.41) is 2.45. The number of alkyl halides is 3. The van der Waals surface area contributed by atoms with Crippen molar-refractivity contribution in [3.05, 3.63) is 59.2 Å². The van der Waals surface area contributed by atoms with E-state index in [9.17, 15) is 22.0 Å². The highest BCUT2D eigenvalue weighted by atomic mass is 19.4. The maximum Gasteiger partial charge on any atom is 0.418 e. The lowest BCUT2D eigenvalue weighted by Gasteiger charge is -2.15. The molecule has 3 N–H and O–H groups in total. The zero-order valence-electron chi connectivity index (χ0n) is 10.6. The molecule has 0 spiro atoms. The average molecular weight is 302 g/mol. The standard InChI is InChI=1S/C14H11F5N2/c15-9-1-3-12(16)8(5-9)7-21-13-4-2-10(20)6-11(13)14(17,18)19/h1-6,21H,7,20H2. The Hall–Kier alpha value is -2.31. The van der Waals surface area contributed by atoms with Gasteiger partial charge < -0.3 is 11.1 Å². The van der Waals surface area contributed by atoms with Gasteiger partial charge in [-0.2, -0.15) is 13.2 Å². The van der Waals surface area contributed by atoms with Gasteiger partial charge in [0.1, 0.15) is 11.6 Å². The van der Waals surface area contributed by atoms with Crippen LogP contribution in [0.2, 0.25) is 0 Å². The van der Waals surface area contributed by atoms with Gasteiger partial charge in [0, 0.05) is 23.5 Å². The largest absolute Gasteiger partial charge is 0.418 e. The van der Waals surface area contributed by atoms with Crippen molar-refractivity contribution in [1.82, 2.24) is 0 Å². The number of nitrogens with one attached hydrogen (secondary N) is 1. The molecular weight excluding hydrogens is 291 g/mol. The van der Waals surface area contributed by atoms with Gasteiger partial charge in [-0.3, -0.25) is 0 Å². The summed E-state index contributed by atoms with van der Waals surface area (Å²) in [5.41, 5.74) is 4.02. The first-order valence-corrected chi connectivity index (χ1v) is 5.92. The van der Waals surface area contributed by atoms with Crippen LogP contribution in [0.1, 0.15) is 11.1 Å². The molecule has 0 atom stereocenters. The highest BCUT2D eigenvalue weighted by Gasteiger charge is 2.33. The highest BCUT2D eigenvalue weighted by molar-refractivity contribution is 5.59. The van der Waals surface area contributed by atoms with Crippen LogP contribution in [0.15, 0.2) is 36.4 Å². The number of hydrogen-bond acceptors (Lipinski definition) is 2. The number of nitrogens with two attached hydrogens (primary N) is 1. The zero-order chi connectivity index (χ0) is 15.6. The lowest BCUT2D eigenvalue weighted by Crippen LogP contribution is -2.12. The van der Waals surface area contributed by atoms with E-state index in [1.165, 1.54) is 6.07 Å². The minimum Gasteiger partial charge on any atom is -0.399 e. The van der Waals surface area contributed by atoms with Crippen molar-refractivity contribution in [1.29, 1.82) is 0 Å². The number of halogens is 5. The number of nitrogen functional groups attached to an aromatic ring is 1. The minimum atomic E-state index is -4.60. The molecule has 0 saturated heterocycles. The van der Waals surface area contributed by atoms with Gasteiger partial charge in [-0.05, 0) is 36.4 Å². The molecule has 0 amide bonds. The van der Waals surface area contributed by atoms with Crippen LogP contribution in [0.5, 0.6) is 0 Å². The summed E-state index contributed by atoms with van der Waals surface area (Å²) >= 11 is 0. The van der Waals surface area contributed by atoms with E-state index in [4.69, 9.17) is 5.73 Å². The maximum absolute atomic E-state index is 13.4. The molecule has 0 radical (unpaired) electrons. The van der Waals surface area contributed by atoms with E-state index in [1.54, 1.807) is 0 Å². The Morgan fingerprint density at radius 1 is 1.00 bits per heavy atom. The van der Waals surface area contributed by atoms with Gasteiger partial charge >= 0.3 is 6.18 Å². The summed E-state index contributed by atoms with van der Waals surface area (Å²) in [5.74, 6) is -1.37. The molecule has 112 valence electrons. The molecule has 2 nitrogen and oxygen atoms in total. The molecule has 0 bridgehead atoms.